The Kier molecular flexibility index (Phi) is 6.07. The van der Waals surface area contributed by atoms with Gasteiger partial charge in [0.15, 0.2) is 17.3 Å². The molecule has 2 heterocycles. The number of rotatable bonds is 6. The lowest BCUT2D eigenvalue weighted by Crippen LogP contribution is -2.16. The van der Waals surface area contributed by atoms with Gasteiger partial charge in [0.05, 0.1) is 6.61 Å². The lowest BCUT2D eigenvalue weighted by atomic mass is 9.95. The zero-order chi connectivity index (χ0) is 23.3. The topological polar surface area (TPSA) is 82.6 Å². The highest BCUT2D eigenvalue weighted by atomic mass is 16.6. The number of hydrogen-bond acceptors (Lipinski definition) is 7. The van der Waals surface area contributed by atoms with Gasteiger partial charge in [-0.2, -0.15) is 0 Å². The third-order valence-electron chi connectivity index (χ3n) is 5.37. The minimum absolute atomic E-state index is 0.236. The van der Waals surface area contributed by atoms with Crippen LogP contribution in [0.3, 0.4) is 0 Å². The highest BCUT2D eigenvalue weighted by molar-refractivity contribution is 6.05. The van der Waals surface area contributed by atoms with Crippen LogP contribution in [0.2, 0.25) is 0 Å². The summed E-state index contributed by atoms with van der Waals surface area (Å²) >= 11 is 0. The van der Waals surface area contributed by atoms with E-state index in [4.69, 9.17) is 14.2 Å². The molecule has 7 nitrogen and oxygen atoms in total. The Morgan fingerprint density at radius 2 is 1.56 bits per heavy atom. The molecule has 0 radical (unpaired) electrons. The highest BCUT2D eigenvalue weighted by Gasteiger charge is 2.26. The first-order chi connectivity index (χ1) is 16.7. The van der Waals surface area contributed by atoms with Crippen LogP contribution in [-0.2, 0) is 4.74 Å². The zero-order valence-electron chi connectivity index (χ0n) is 18.7. The molecule has 3 aromatic carbocycles. The Labute approximate surface area is 197 Å². The minimum Gasteiger partial charge on any atom is -0.486 e. The highest BCUT2D eigenvalue weighted by Crippen LogP contribution is 2.38. The van der Waals surface area contributed by atoms with E-state index in [0.29, 0.717) is 53.0 Å². The van der Waals surface area contributed by atoms with Gasteiger partial charge in [-0.3, -0.25) is 0 Å². The molecule has 0 fully saturated rings. The predicted molar refractivity (Wildman–Crippen MR) is 130 cm³/mol. The number of benzene rings is 3. The molecule has 1 aromatic heterocycles. The number of aromatic nitrogens is 2. The number of fused-ring (bicyclic) bond motifs is 1. The largest absolute Gasteiger partial charge is 0.486 e. The van der Waals surface area contributed by atoms with Crippen molar-refractivity contribution >= 4 is 17.5 Å². The first kappa shape index (κ1) is 21.5. The Hall–Kier alpha value is -4.39. The summed E-state index contributed by atoms with van der Waals surface area (Å²) in [5.74, 6) is 1.13. The van der Waals surface area contributed by atoms with Gasteiger partial charge in [0, 0.05) is 22.9 Å². The molecule has 1 N–H and O–H groups in total. The third-order valence-corrected chi connectivity index (χ3v) is 5.37. The van der Waals surface area contributed by atoms with Crippen LogP contribution in [0.5, 0.6) is 11.5 Å². The Bertz CT molecular complexity index is 1310. The molecule has 0 bridgehead atoms. The van der Waals surface area contributed by atoms with E-state index in [-0.39, 0.29) is 6.61 Å². The minimum atomic E-state index is -0.478. The molecular formula is C27H23N3O4. The fourth-order valence-electron chi connectivity index (χ4n) is 3.87. The van der Waals surface area contributed by atoms with E-state index in [1.165, 1.54) is 0 Å². The van der Waals surface area contributed by atoms with Crippen molar-refractivity contribution in [2.24, 2.45) is 0 Å². The molecule has 1 aliphatic rings. The molecule has 4 aromatic rings. The Balaban J connectivity index is 1.68. The van der Waals surface area contributed by atoms with Gasteiger partial charge >= 0.3 is 5.97 Å². The van der Waals surface area contributed by atoms with E-state index in [0.717, 1.165) is 11.1 Å². The van der Waals surface area contributed by atoms with Gasteiger partial charge in [-0.05, 0) is 24.6 Å². The fraction of sp³-hybridized carbons (Fsp3) is 0.148. The van der Waals surface area contributed by atoms with Gasteiger partial charge < -0.3 is 19.5 Å². The van der Waals surface area contributed by atoms with Crippen LogP contribution in [0.4, 0.5) is 11.5 Å². The van der Waals surface area contributed by atoms with Crippen molar-refractivity contribution < 1.29 is 19.0 Å². The fourth-order valence-corrected chi connectivity index (χ4v) is 3.87. The average molecular weight is 453 g/mol. The van der Waals surface area contributed by atoms with E-state index in [1.54, 1.807) is 6.92 Å². The van der Waals surface area contributed by atoms with E-state index >= 15 is 0 Å². The molecule has 1 aliphatic heterocycles. The lowest BCUT2D eigenvalue weighted by Gasteiger charge is -2.20. The van der Waals surface area contributed by atoms with Crippen LogP contribution in [-0.4, -0.2) is 36.0 Å². The van der Waals surface area contributed by atoms with Crippen LogP contribution >= 0.6 is 0 Å². The van der Waals surface area contributed by atoms with Gasteiger partial charge in [-0.25, -0.2) is 4.79 Å². The maximum absolute atomic E-state index is 13.3. The first-order valence-corrected chi connectivity index (χ1v) is 11.1. The smallest absolute Gasteiger partial charge is 0.342 e. The summed E-state index contributed by atoms with van der Waals surface area (Å²) < 4.78 is 16.8. The van der Waals surface area contributed by atoms with E-state index in [2.05, 4.69) is 15.5 Å². The number of nitrogens with one attached hydrogen (secondary N) is 1. The van der Waals surface area contributed by atoms with Crippen LogP contribution in [0.25, 0.3) is 22.4 Å². The van der Waals surface area contributed by atoms with Crippen LogP contribution in [0.1, 0.15) is 17.3 Å². The van der Waals surface area contributed by atoms with Gasteiger partial charge in [0.1, 0.15) is 24.5 Å². The van der Waals surface area contributed by atoms with Crippen molar-refractivity contribution in [3.63, 3.8) is 0 Å². The summed E-state index contributed by atoms with van der Waals surface area (Å²) in [5.41, 5.74) is 3.95. The molecule has 5 rings (SSSR count). The second-order valence-electron chi connectivity index (χ2n) is 7.58. The number of hydrogen-bond donors (Lipinski definition) is 1. The summed E-state index contributed by atoms with van der Waals surface area (Å²) in [7, 11) is 0. The molecule has 0 spiro atoms. The summed E-state index contributed by atoms with van der Waals surface area (Å²) in [6.07, 6.45) is 0. The maximum atomic E-state index is 13.3. The van der Waals surface area contributed by atoms with E-state index in [9.17, 15) is 4.79 Å². The number of carbonyl (C=O) groups excluding carboxylic acids is 1. The number of ether oxygens (including phenoxy) is 3. The SMILES string of the molecule is CCOC(=O)c1c(Nc2ccc3c(c2)OCCO3)nnc(-c2ccccc2)c1-c1ccccc1. The molecule has 0 unspecified atom stereocenters. The zero-order valence-corrected chi connectivity index (χ0v) is 18.7. The molecule has 0 saturated heterocycles. The van der Waals surface area contributed by atoms with Crippen molar-refractivity contribution in [1.82, 2.24) is 10.2 Å². The summed E-state index contributed by atoms with van der Waals surface area (Å²) in [5, 5.41) is 12.2. The average Bonchev–Trinajstić information content (AvgIpc) is 2.89. The summed E-state index contributed by atoms with van der Waals surface area (Å²) in [4.78, 5) is 13.3. The second-order valence-corrected chi connectivity index (χ2v) is 7.58. The van der Waals surface area contributed by atoms with E-state index < -0.39 is 5.97 Å². The maximum Gasteiger partial charge on any atom is 0.342 e. The van der Waals surface area contributed by atoms with Crippen molar-refractivity contribution in [3.05, 3.63) is 84.4 Å². The van der Waals surface area contributed by atoms with Crippen molar-refractivity contribution in [3.8, 4) is 33.9 Å². The normalized spacial score (nSPS) is 12.1. The van der Waals surface area contributed by atoms with Crippen LogP contribution < -0.4 is 14.8 Å². The van der Waals surface area contributed by atoms with Gasteiger partial charge in [0.2, 0.25) is 0 Å². The molecule has 0 saturated carbocycles. The van der Waals surface area contributed by atoms with Gasteiger partial charge in [-0.15, -0.1) is 10.2 Å². The van der Waals surface area contributed by atoms with Crippen molar-refractivity contribution in [2.45, 2.75) is 6.92 Å². The summed E-state index contributed by atoms with van der Waals surface area (Å²) in [6.45, 7) is 3.01. The quantitative estimate of drug-likeness (QED) is 0.386. The molecule has 0 amide bonds. The Morgan fingerprint density at radius 1 is 0.882 bits per heavy atom. The number of esters is 1. The summed E-state index contributed by atoms with van der Waals surface area (Å²) in [6, 6.07) is 24.8. The molecular weight excluding hydrogens is 430 g/mol. The van der Waals surface area contributed by atoms with Crippen LogP contribution in [0.15, 0.2) is 78.9 Å². The number of carbonyl (C=O) groups is 1. The number of anilines is 2. The third kappa shape index (κ3) is 4.28. The Morgan fingerprint density at radius 3 is 2.26 bits per heavy atom. The molecule has 170 valence electrons. The molecule has 0 aliphatic carbocycles. The molecule has 0 atom stereocenters. The molecule has 34 heavy (non-hydrogen) atoms. The van der Waals surface area contributed by atoms with Gasteiger partial charge in [0.25, 0.3) is 0 Å². The van der Waals surface area contributed by atoms with Crippen molar-refractivity contribution in [2.75, 3.05) is 25.1 Å². The van der Waals surface area contributed by atoms with Crippen LogP contribution in [0, 0.1) is 0 Å². The first-order valence-electron chi connectivity index (χ1n) is 11.1. The van der Waals surface area contributed by atoms with Crippen molar-refractivity contribution in [1.29, 1.82) is 0 Å². The van der Waals surface area contributed by atoms with Gasteiger partial charge in [-0.1, -0.05) is 60.7 Å². The van der Waals surface area contributed by atoms with E-state index in [1.807, 2.05) is 78.9 Å². The predicted octanol–water partition coefficient (Wildman–Crippen LogP) is 5.50. The molecule has 7 heteroatoms. The number of nitrogens with zero attached hydrogens (tertiary/aromatic N) is 2. The second kappa shape index (κ2) is 9.62. The monoisotopic (exact) mass is 453 g/mol. The lowest BCUT2D eigenvalue weighted by molar-refractivity contribution is 0.0528. The standard InChI is InChI=1S/C27H23N3O4/c1-2-32-27(31)24-23(18-9-5-3-6-10-18)25(19-11-7-4-8-12-19)29-30-26(24)28-20-13-14-21-22(17-20)34-16-15-33-21/h3-14,17H,2,15-16H2,1H3,(H,28,30).